The molecule has 56 valence electrons. The molecule has 0 saturated heterocycles. The SMILES string of the molecule is C=CCCC(OC)[Si]C=C. The van der Waals surface area contributed by atoms with Gasteiger partial charge in [0.05, 0.1) is 0 Å². The van der Waals surface area contributed by atoms with Gasteiger partial charge in [-0.3, -0.25) is 0 Å². The number of hydrogen-bond donors (Lipinski definition) is 0. The first-order valence-corrected chi connectivity index (χ1v) is 4.51. The van der Waals surface area contributed by atoms with Crippen LogP contribution in [-0.2, 0) is 4.74 Å². The Labute approximate surface area is 65.6 Å². The van der Waals surface area contributed by atoms with Gasteiger partial charge in [-0.25, -0.2) is 0 Å². The van der Waals surface area contributed by atoms with Crippen molar-refractivity contribution in [2.45, 2.75) is 18.6 Å². The summed E-state index contributed by atoms with van der Waals surface area (Å²) in [4.78, 5) is 0. The maximum absolute atomic E-state index is 5.19. The highest BCUT2D eigenvalue weighted by molar-refractivity contribution is 6.43. The molecule has 0 aromatic rings. The fourth-order valence-electron chi connectivity index (χ4n) is 0.670. The highest BCUT2D eigenvalue weighted by atomic mass is 28.2. The van der Waals surface area contributed by atoms with Crippen molar-refractivity contribution in [2.24, 2.45) is 0 Å². The third-order valence-corrected chi connectivity index (χ3v) is 2.35. The number of hydrogen-bond acceptors (Lipinski definition) is 1. The van der Waals surface area contributed by atoms with Crippen LogP contribution in [0.1, 0.15) is 12.8 Å². The topological polar surface area (TPSA) is 9.23 Å². The maximum Gasteiger partial charge on any atom is 0.108 e. The van der Waals surface area contributed by atoms with Crippen LogP contribution < -0.4 is 0 Å². The predicted octanol–water partition coefficient (Wildman–Crippen LogP) is 1.77. The van der Waals surface area contributed by atoms with Gasteiger partial charge in [-0.15, -0.1) is 18.9 Å². The standard InChI is InChI=1S/C8H14OSi/c1-4-6-7-8(9-3)10-5-2/h4-5,8H,1-2,6-7H2,3H3. The van der Waals surface area contributed by atoms with Crippen LogP contribution in [0.5, 0.6) is 0 Å². The van der Waals surface area contributed by atoms with Crippen molar-refractivity contribution in [3.63, 3.8) is 0 Å². The number of methoxy groups -OCH3 is 1. The molecular formula is C8H14OSi. The Balaban J connectivity index is 3.38. The van der Waals surface area contributed by atoms with E-state index in [1.165, 1.54) is 0 Å². The largest absolute Gasteiger partial charge is 0.385 e. The lowest BCUT2D eigenvalue weighted by molar-refractivity contribution is 0.158. The van der Waals surface area contributed by atoms with Crippen LogP contribution >= 0.6 is 0 Å². The minimum Gasteiger partial charge on any atom is -0.385 e. The maximum atomic E-state index is 5.19. The van der Waals surface area contributed by atoms with E-state index < -0.39 is 0 Å². The van der Waals surface area contributed by atoms with Crippen molar-refractivity contribution in [2.75, 3.05) is 7.11 Å². The molecule has 0 aliphatic heterocycles. The van der Waals surface area contributed by atoms with E-state index in [9.17, 15) is 0 Å². The average molecular weight is 154 g/mol. The lowest BCUT2D eigenvalue weighted by atomic mass is 10.3. The van der Waals surface area contributed by atoms with Crippen LogP contribution in [0.25, 0.3) is 0 Å². The quantitative estimate of drug-likeness (QED) is 0.418. The Morgan fingerprint density at radius 2 is 2.30 bits per heavy atom. The summed E-state index contributed by atoms with van der Waals surface area (Å²) >= 11 is 0. The van der Waals surface area contributed by atoms with Crippen molar-refractivity contribution < 1.29 is 4.74 Å². The van der Waals surface area contributed by atoms with Gasteiger partial charge in [0.2, 0.25) is 0 Å². The Morgan fingerprint density at radius 1 is 1.60 bits per heavy atom. The minimum atomic E-state index is 0.357. The van der Waals surface area contributed by atoms with Gasteiger partial charge >= 0.3 is 0 Å². The highest BCUT2D eigenvalue weighted by Gasteiger charge is 2.02. The second-order valence-corrected chi connectivity index (χ2v) is 3.35. The number of rotatable bonds is 6. The summed E-state index contributed by atoms with van der Waals surface area (Å²) in [5.74, 6) is 0. The van der Waals surface area contributed by atoms with E-state index in [-0.39, 0.29) is 0 Å². The van der Waals surface area contributed by atoms with Crippen LogP contribution in [0, 0.1) is 0 Å². The van der Waals surface area contributed by atoms with Crippen LogP contribution in [0.3, 0.4) is 0 Å². The summed E-state index contributed by atoms with van der Waals surface area (Å²) < 4.78 is 5.19. The van der Waals surface area contributed by atoms with E-state index in [1.54, 1.807) is 7.11 Å². The first kappa shape index (κ1) is 9.66. The number of allylic oxidation sites excluding steroid dienone is 1. The molecule has 1 atom stereocenters. The van der Waals surface area contributed by atoms with E-state index in [1.807, 2.05) is 11.8 Å². The Kier molecular flexibility index (Phi) is 6.54. The highest BCUT2D eigenvalue weighted by Crippen LogP contribution is 1.99. The molecule has 0 aliphatic rings. The second-order valence-electron chi connectivity index (χ2n) is 1.96. The summed E-state index contributed by atoms with van der Waals surface area (Å²) in [5.41, 5.74) is 2.27. The first-order chi connectivity index (χ1) is 4.85. The van der Waals surface area contributed by atoms with Crippen LogP contribution in [-0.4, -0.2) is 22.4 Å². The van der Waals surface area contributed by atoms with Gasteiger partial charge in [0, 0.05) is 12.8 Å². The zero-order valence-electron chi connectivity index (χ0n) is 6.47. The molecule has 0 aliphatic carbocycles. The van der Waals surface area contributed by atoms with E-state index in [2.05, 4.69) is 13.2 Å². The van der Waals surface area contributed by atoms with Crippen molar-refractivity contribution in [3.8, 4) is 0 Å². The van der Waals surface area contributed by atoms with Gasteiger partial charge in [-0.05, 0) is 12.8 Å². The summed E-state index contributed by atoms with van der Waals surface area (Å²) in [6, 6.07) is 0. The molecule has 2 heteroatoms. The van der Waals surface area contributed by atoms with Crippen molar-refractivity contribution >= 4 is 9.52 Å². The molecule has 1 unspecified atom stereocenters. The molecule has 0 bridgehead atoms. The predicted molar refractivity (Wildman–Crippen MR) is 46.2 cm³/mol. The second kappa shape index (κ2) is 6.77. The average Bonchev–Trinajstić information content (AvgIpc) is 1.98. The summed E-state index contributed by atoms with van der Waals surface area (Å²) in [6.07, 6.45) is 4.00. The summed E-state index contributed by atoms with van der Waals surface area (Å²) in [7, 11) is 2.45. The van der Waals surface area contributed by atoms with Crippen LogP contribution in [0.2, 0.25) is 0 Å². The molecule has 2 radical (unpaired) electrons. The van der Waals surface area contributed by atoms with E-state index in [0.717, 1.165) is 12.8 Å². The fourth-order valence-corrected chi connectivity index (χ4v) is 1.40. The minimum absolute atomic E-state index is 0.357. The van der Waals surface area contributed by atoms with Crippen molar-refractivity contribution in [3.05, 3.63) is 24.9 Å². The Bertz CT molecular complexity index is 101. The smallest absolute Gasteiger partial charge is 0.108 e. The fraction of sp³-hybridized carbons (Fsp3) is 0.500. The first-order valence-electron chi connectivity index (χ1n) is 3.35. The van der Waals surface area contributed by atoms with Crippen molar-refractivity contribution in [1.82, 2.24) is 0 Å². The van der Waals surface area contributed by atoms with Gasteiger partial charge < -0.3 is 4.74 Å². The molecule has 0 heterocycles. The van der Waals surface area contributed by atoms with Gasteiger partial charge in [0.1, 0.15) is 9.52 Å². The molecule has 0 aromatic heterocycles. The molecule has 0 aromatic carbocycles. The molecule has 0 spiro atoms. The zero-order chi connectivity index (χ0) is 7.82. The molecule has 0 rings (SSSR count). The van der Waals surface area contributed by atoms with E-state index in [4.69, 9.17) is 4.74 Å². The lowest BCUT2D eigenvalue weighted by Crippen LogP contribution is -2.16. The molecule has 0 amide bonds. The monoisotopic (exact) mass is 154 g/mol. The van der Waals surface area contributed by atoms with Gasteiger partial charge in [-0.1, -0.05) is 6.08 Å². The molecule has 0 N–H and O–H groups in total. The zero-order valence-corrected chi connectivity index (χ0v) is 7.47. The third kappa shape index (κ3) is 4.53. The van der Waals surface area contributed by atoms with E-state index in [0.29, 0.717) is 15.2 Å². The molecule has 0 fully saturated rings. The summed E-state index contributed by atoms with van der Waals surface area (Å²) in [5, 5.41) is 0. The van der Waals surface area contributed by atoms with Gasteiger partial charge in [0.15, 0.2) is 0 Å². The molecular weight excluding hydrogens is 140 g/mol. The molecule has 0 saturated carbocycles. The van der Waals surface area contributed by atoms with Gasteiger partial charge in [0.25, 0.3) is 0 Å². The van der Waals surface area contributed by atoms with Gasteiger partial charge in [-0.2, -0.15) is 0 Å². The lowest BCUT2D eigenvalue weighted by Gasteiger charge is -2.09. The van der Waals surface area contributed by atoms with Crippen LogP contribution in [0.15, 0.2) is 24.9 Å². The third-order valence-electron chi connectivity index (χ3n) is 1.22. The number of ether oxygens (including phenoxy) is 1. The normalized spacial score (nSPS) is 12.5. The molecule has 10 heavy (non-hydrogen) atoms. The molecule has 1 nitrogen and oxygen atoms in total. The Hall–Kier alpha value is -0.343. The Morgan fingerprint density at radius 3 is 2.70 bits per heavy atom. The van der Waals surface area contributed by atoms with E-state index >= 15 is 0 Å². The van der Waals surface area contributed by atoms with Crippen LogP contribution in [0.4, 0.5) is 0 Å². The van der Waals surface area contributed by atoms with Crippen molar-refractivity contribution in [1.29, 1.82) is 0 Å². The summed E-state index contributed by atoms with van der Waals surface area (Å²) in [6.45, 7) is 7.31.